The second-order valence-electron chi connectivity index (χ2n) is 3.40. The maximum atomic E-state index is 10.5. The number of hydrogen-bond acceptors (Lipinski definition) is 2. The van der Waals surface area contributed by atoms with Gasteiger partial charge < -0.3 is 9.80 Å². The summed E-state index contributed by atoms with van der Waals surface area (Å²) in [4.78, 5) is 14.5. The minimum absolute atomic E-state index is 0.461. The Morgan fingerprint density at radius 3 is 2.91 bits per heavy atom. The highest BCUT2D eigenvalue weighted by Gasteiger charge is 2.22. The fourth-order valence-electron chi connectivity index (χ4n) is 1.61. The van der Waals surface area contributed by atoms with Crippen LogP contribution in [-0.2, 0) is 4.79 Å². The second kappa shape index (κ2) is 3.72. The zero-order valence-electron chi connectivity index (χ0n) is 7.29. The van der Waals surface area contributed by atoms with Crippen LogP contribution in [0.5, 0.6) is 0 Å². The summed E-state index contributed by atoms with van der Waals surface area (Å²) in [6.07, 6.45) is 3.30. The molecule has 1 aliphatic heterocycles. The molecule has 1 unspecified atom stereocenters. The van der Waals surface area contributed by atoms with Gasteiger partial charge in [0.2, 0.25) is 6.41 Å². The summed E-state index contributed by atoms with van der Waals surface area (Å²) in [6, 6.07) is 0.461. The van der Waals surface area contributed by atoms with Crippen LogP contribution in [0.2, 0.25) is 0 Å². The molecule has 0 aromatic heterocycles. The maximum absolute atomic E-state index is 10.5. The van der Waals surface area contributed by atoms with Crippen molar-refractivity contribution in [2.75, 3.05) is 27.2 Å². The molecule has 0 saturated carbocycles. The van der Waals surface area contributed by atoms with Crippen molar-refractivity contribution in [3.8, 4) is 0 Å². The minimum atomic E-state index is 0.461. The van der Waals surface area contributed by atoms with Crippen LogP contribution in [0.3, 0.4) is 0 Å². The van der Waals surface area contributed by atoms with Gasteiger partial charge in [0.1, 0.15) is 0 Å². The van der Waals surface area contributed by atoms with Crippen molar-refractivity contribution in [3.05, 3.63) is 0 Å². The zero-order chi connectivity index (χ0) is 8.27. The number of hydrogen-bond donors (Lipinski definition) is 0. The Labute approximate surface area is 68.0 Å². The van der Waals surface area contributed by atoms with Gasteiger partial charge in [-0.3, -0.25) is 4.79 Å². The average Bonchev–Trinajstić information content (AvgIpc) is 2.34. The first-order chi connectivity index (χ1) is 5.24. The van der Waals surface area contributed by atoms with Gasteiger partial charge in [-0.1, -0.05) is 0 Å². The number of likely N-dealkylation sites (N-methyl/N-ethyl adjacent to an activating group) is 1. The van der Waals surface area contributed by atoms with Gasteiger partial charge in [0.25, 0.3) is 0 Å². The Bertz CT molecular complexity index is 136. The Morgan fingerprint density at radius 1 is 1.64 bits per heavy atom. The Morgan fingerprint density at radius 2 is 2.36 bits per heavy atom. The van der Waals surface area contributed by atoms with Crippen molar-refractivity contribution in [2.24, 2.45) is 0 Å². The van der Waals surface area contributed by atoms with Gasteiger partial charge in [0.15, 0.2) is 0 Å². The largest absolute Gasteiger partial charge is 0.341 e. The molecule has 3 heteroatoms. The lowest BCUT2D eigenvalue weighted by molar-refractivity contribution is -0.119. The standard InChI is InChI=1S/C8H16N2O/c1-9(2)6-8-4-3-5-10(8)7-11/h7-8H,3-6H2,1-2H3. The molecule has 0 aromatic rings. The Hall–Kier alpha value is -0.570. The van der Waals surface area contributed by atoms with Crippen LogP contribution >= 0.6 is 0 Å². The van der Waals surface area contributed by atoms with Crippen LogP contribution in [0.25, 0.3) is 0 Å². The van der Waals surface area contributed by atoms with E-state index in [1.54, 1.807) is 0 Å². The van der Waals surface area contributed by atoms with E-state index >= 15 is 0 Å². The van der Waals surface area contributed by atoms with E-state index < -0.39 is 0 Å². The molecule has 11 heavy (non-hydrogen) atoms. The summed E-state index contributed by atoms with van der Waals surface area (Å²) >= 11 is 0. The van der Waals surface area contributed by atoms with Crippen LogP contribution in [0.4, 0.5) is 0 Å². The third-order valence-electron chi connectivity index (χ3n) is 2.13. The number of amides is 1. The van der Waals surface area contributed by atoms with E-state index in [4.69, 9.17) is 0 Å². The highest BCUT2D eigenvalue weighted by atomic mass is 16.1. The molecule has 0 spiro atoms. The lowest BCUT2D eigenvalue weighted by Crippen LogP contribution is -2.36. The second-order valence-corrected chi connectivity index (χ2v) is 3.40. The van der Waals surface area contributed by atoms with Gasteiger partial charge in [-0.15, -0.1) is 0 Å². The molecule has 1 aliphatic rings. The molecule has 0 bridgehead atoms. The van der Waals surface area contributed by atoms with E-state index in [9.17, 15) is 4.79 Å². The van der Waals surface area contributed by atoms with E-state index in [2.05, 4.69) is 4.90 Å². The van der Waals surface area contributed by atoms with Gasteiger partial charge in [0.05, 0.1) is 0 Å². The maximum Gasteiger partial charge on any atom is 0.209 e. The minimum Gasteiger partial charge on any atom is -0.341 e. The molecule has 0 aliphatic carbocycles. The molecule has 1 atom stereocenters. The molecule has 3 nitrogen and oxygen atoms in total. The Balaban J connectivity index is 2.37. The molecule has 0 N–H and O–H groups in total. The van der Waals surface area contributed by atoms with Crippen molar-refractivity contribution in [1.29, 1.82) is 0 Å². The molecule has 1 rings (SSSR count). The quantitative estimate of drug-likeness (QED) is 0.544. The van der Waals surface area contributed by atoms with Crippen LogP contribution < -0.4 is 0 Å². The van der Waals surface area contributed by atoms with E-state index in [1.807, 2.05) is 19.0 Å². The van der Waals surface area contributed by atoms with Crippen molar-refractivity contribution in [2.45, 2.75) is 18.9 Å². The van der Waals surface area contributed by atoms with E-state index in [0.717, 1.165) is 32.3 Å². The zero-order valence-corrected chi connectivity index (χ0v) is 7.29. The van der Waals surface area contributed by atoms with Crippen molar-refractivity contribution >= 4 is 6.41 Å². The molecule has 64 valence electrons. The summed E-state index contributed by atoms with van der Waals surface area (Å²) in [7, 11) is 4.09. The van der Waals surface area contributed by atoms with Gasteiger partial charge in [-0.2, -0.15) is 0 Å². The fourth-order valence-corrected chi connectivity index (χ4v) is 1.61. The molecule has 0 aromatic carbocycles. The molecular weight excluding hydrogens is 140 g/mol. The van der Waals surface area contributed by atoms with Gasteiger partial charge in [-0.05, 0) is 26.9 Å². The predicted octanol–water partition coefficient (Wildman–Crippen LogP) is 0.169. The summed E-state index contributed by atoms with van der Waals surface area (Å²) < 4.78 is 0. The number of likely N-dealkylation sites (tertiary alicyclic amines) is 1. The lowest BCUT2D eigenvalue weighted by atomic mass is 10.2. The molecule has 1 amide bonds. The first-order valence-corrected chi connectivity index (χ1v) is 4.10. The van der Waals surface area contributed by atoms with E-state index in [0.29, 0.717) is 6.04 Å². The average molecular weight is 156 g/mol. The number of nitrogens with zero attached hydrogens (tertiary/aromatic N) is 2. The van der Waals surface area contributed by atoms with Crippen molar-refractivity contribution in [3.63, 3.8) is 0 Å². The van der Waals surface area contributed by atoms with Crippen molar-refractivity contribution in [1.82, 2.24) is 9.80 Å². The van der Waals surface area contributed by atoms with Crippen LogP contribution in [-0.4, -0.2) is 49.4 Å². The third kappa shape index (κ3) is 2.19. The molecular formula is C8H16N2O. The van der Waals surface area contributed by atoms with Crippen LogP contribution in [0.15, 0.2) is 0 Å². The topological polar surface area (TPSA) is 23.6 Å². The molecule has 0 radical (unpaired) electrons. The predicted molar refractivity (Wildman–Crippen MR) is 44.3 cm³/mol. The fraction of sp³-hybridized carbons (Fsp3) is 0.875. The number of carbonyl (C=O) groups is 1. The normalized spacial score (nSPS) is 24.6. The van der Waals surface area contributed by atoms with E-state index in [1.165, 1.54) is 0 Å². The highest BCUT2D eigenvalue weighted by Crippen LogP contribution is 2.14. The molecule has 1 heterocycles. The number of rotatable bonds is 3. The van der Waals surface area contributed by atoms with Gasteiger partial charge in [0, 0.05) is 19.1 Å². The van der Waals surface area contributed by atoms with Crippen LogP contribution in [0, 0.1) is 0 Å². The monoisotopic (exact) mass is 156 g/mol. The summed E-state index contributed by atoms with van der Waals surface area (Å²) in [6.45, 7) is 1.95. The summed E-state index contributed by atoms with van der Waals surface area (Å²) in [5.74, 6) is 0. The van der Waals surface area contributed by atoms with Gasteiger partial charge in [-0.25, -0.2) is 0 Å². The first-order valence-electron chi connectivity index (χ1n) is 4.10. The Kier molecular flexibility index (Phi) is 2.88. The molecule has 1 saturated heterocycles. The third-order valence-corrected chi connectivity index (χ3v) is 2.13. The lowest BCUT2D eigenvalue weighted by Gasteiger charge is -2.22. The molecule has 1 fully saturated rings. The highest BCUT2D eigenvalue weighted by molar-refractivity contribution is 5.48. The smallest absolute Gasteiger partial charge is 0.209 e. The summed E-state index contributed by atoms with van der Waals surface area (Å²) in [5.41, 5.74) is 0. The SMILES string of the molecule is CN(C)CC1CCCN1C=O. The number of carbonyl (C=O) groups excluding carboxylic acids is 1. The van der Waals surface area contributed by atoms with Crippen LogP contribution in [0.1, 0.15) is 12.8 Å². The van der Waals surface area contributed by atoms with Crippen molar-refractivity contribution < 1.29 is 4.79 Å². The first kappa shape index (κ1) is 8.53. The summed E-state index contributed by atoms with van der Waals surface area (Å²) in [5, 5.41) is 0. The van der Waals surface area contributed by atoms with E-state index in [-0.39, 0.29) is 0 Å². The van der Waals surface area contributed by atoms with Gasteiger partial charge >= 0.3 is 0 Å².